The molecule has 1 aromatic carbocycles. The first-order chi connectivity index (χ1) is 11.5. The Labute approximate surface area is 137 Å². The molecule has 7 heteroatoms. The Kier molecular flexibility index (Phi) is 5.95. The zero-order chi connectivity index (χ0) is 17.5. The second kappa shape index (κ2) is 8.14. The summed E-state index contributed by atoms with van der Waals surface area (Å²) in [6.45, 7) is 0.127. The van der Waals surface area contributed by atoms with Crippen LogP contribution in [0.2, 0.25) is 0 Å². The van der Waals surface area contributed by atoms with Gasteiger partial charge in [-0.15, -0.1) is 0 Å². The Morgan fingerprint density at radius 1 is 1.12 bits per heavy atom. The Morgan fingerprint density at radius 3 is 2.46 bits per heavy atom. The fourth-order valence-corrected chi connectivity index (χ4v) is 2.12. The van der Waals surface area contributed by atoms with Crippen molar-refractivity contribution in [3.8, 4) is 0 Å². The number of benzene rings is 1. The molecule has 0 fully saturated rings. The number of aromatic nitrogens is 1. The lowest BCUT2D eigenvalue weighted by molar-refractivity contribution is -0.140. The van der Waals surface area contributed by atoms with Gasteiger partial charge in [0.05, 0.1) is 13.5 Å². The Hall–Kier alpha value is -2.83. The minimum Gasteiger partial charge on any atom is -0.469 e. The number of carbonyl (C=O) groups excluding carboxylic acids is 2. The smallest absolute Gasteiger partial charge is 0.307 e. The van der Waals surface area contributed by atoms with Crippen LogP contribution in [-0.2, 0) is 16.1 Å². The van der Waals surface area contributed by atoms with E-state index in [-0.39, 0.29) is 25.4 Å². The van der Waals surface area contributed by atoms with Crippen LogP contribution in [0.25, 0.3) is 0 Å². The molecule has 1 amide bonds. The predicted molar refractivity (Wildman–Crippen MR) is 82.0 cm³/mol. The molecule has 2 aromatic rings. The number of ether oxygens (including phenoxy) is 1. The van der Waals surface area contributed by atoms with Crippen LogP contribution in [0, 0.1) is 11.6 Å². The molecule has 0 unspecified atom stereocenters. The lowest BCUT2D eigenvalue weighted by atomic mass is 10.1. The summed E-state index contributed by atoms with van der Waals surface area (Å²) in [5.74, 6) is -2.75. The third-order valence-corrected chi connectivity index (χ3v) is 3.39. The van der Waals surface area contributed by atoms with Crippen molar-refractivity contribution in [1.82, 2.24) is 9.88 Å². The van der Waals surface area contributed by atoms with Crippen LogP contribution in [0.5, 0.6) is 0 Å². The predicted octanol–water partition coefficient (Wildman–Crippen LogP) is 2.57. The molecular weight excluding hydrogens is 318 g/mol. The van der Waals surface area contributed by atoms with Crippen molar-refractivity contribution in [3.05, 3.63) is 65.5 Å². The minimum absolute atomic E-state index is 0.00298. The molecule has 0 N–H and O–H groups in total. The third kappa shape index (κ3) is 4.58. The number of methoxy groups -OCH3 is 1. The number of esters is 1. The number of amides is 1. The number of hydrogen-bond acceptors (Lipinski definition) is 4. The van der Waals surface area contributed by atoms with Crippen molar-refractivity contribution in [2.45, 2.75) is 13.0 Å². The Bertz CT molecular complexity index is 723. The van der Waals surface area contributed by atoms with E-state index in [0.717, 1.165) is 12.1 Å². The molecule has 1 heterocycles. The maximum absolute atomic E-state index is 13.4. The lowest BCUT2D eigenvalue weighted by Crippen LogP contribution is -2.32. The molecule has 0 saturated heterocycles. The molecule has 0 aliphatic rings. The first-order valence-electron chi connectivity index (χ1n) is 7.21. The molecule has 126 valence electrons. The van der Waals surface area contributed by atoms with Crippen molar-refractivity contribution in [1.29, 1.82) is 0 Å². The van der Waals surface area contributed by atoms with Crippen molar-refractivity contribution in [2.75, 3.05) is 13.7 Å². The van der Waals surface area contributed by atoms with E-state index < -0.39 is 17.6 Å². The van der Waals surface area contributed by atoms with E-state index in [2.05, 4.69) is 9.72 Å². The minimum atomic E-state index is -0.989. The maximum Gasteiger partial charge on any atom is 0.307 e. The average Bonchev–Trinajstić information content (AvgIpc) is 2.61. The molecule has 0 radical (unpaired) electrons. The van der Waals surface area contributed by atoms with E-state index >= 15 is 0 Å². The van der Waals surface area contributed by atoms with Crippen molar-refractivity contribution >= 4 is 11.9 Å². The zero-order valence-corrected chi connectivity index (χ0v) is 13.0. The van der Waals surface area contributed by atoms with Gasteiger partial charge in [-0.1, -0.05) is 6.07 Å². The summed E-state index contributed by atoms with van der Waals surface area (Å²) in [4.78, 5) is 29.1. The number of carbonyl (C=O) groups is 2. The van der Waals surface area contributed by atoms with Crippen LogP contribution < -0.4 is 0 Å². The van der Waals surface area contributed by atoms with Crippen LogP contribution in [0.3, 0.4) is 0 Å². The van der Waals surface area contributed by atoms with Gasteiger partial charge in [0, 0.05) is 31.0 Å². The van der Waals surface area contributed by atoms with E-state index in [4.69, 9.17) is 0 Å². The zero-order valence-electron chi connectivity index (χ0n) is 13.0. The number of hydrogen-bond donors (Lipinski definition) is 0. The van der Waals surface area contributed by atoms with Gasteiger partial charge in [0.1, 0.15) is 0 Å². The van der Waals surface area contributed by atoms with E-state index in [1.165, 1.54) is 30.5 Å². The van der Waals surface area contributed by atoms with E-state index in [1.807, 2.05) is 0 Å². The Balaban J connectivity index is 2.19. The summed E-state index contributed by atoms with van der Waals surface area (Å²) in [6.07, 6.45) is 2.95. The molecule has 24 heavy (non-hydrogen) atoms. The summed E-state index contributed by atoms with van der Waals surface area (Å²) in [5.41, 5.74) is 0.804. The second-order valence-electron chi connectivity index (χ2n) is 5.04. The molecule has 0 spiro atoms. The maximum atomic E-state index is 13.4. The van der Waals surface area contributed by atoms with Crippen LogP contribution in [0.15, 0.2) is 42.7 Å². The van der Waals surface area contributed by atoms with Gasteiger partial charge in [-0.2, -0.15) is 0 Å². The Morgan fingerprint density at radius 2 is 1.83 bits per heavy atom. The van der Waals surface area contributed by atoms with Gasteiger partial charge in [-0.3, -0.25) is 14.6 Å². The first-order valence-corrected chi connectivity index (χ1v) is 7.21. The van der Waals surface area contributed by atoms with Gasteiger partial charge in [0.15, 0.2) is 11.6 Å². The van der Waals surface area contributed by atoms with E-state index in [9.17, 15) is 18.4 Å². The molecule has 0 aliphatic heterocycles. The standard InChI is InChI=1S/C17H16F2N2O3/c1-24-16(22)6-9-21(17(23)13-4-7-20-8-5-13)11-12-2-3-14(18)15(19)10-12/h2-5,7-8,10H,6,9,11H2,1H3. The van der Waals surface area contributed by atoms with Crippen LogP contribution in [0.1, 0.15) is 22.3 Å². The highest BCUT2D eigenvalue weighted by Gasteiger charge is 2.18. The van der Waals surface area contributed by atoms with Crippen LogP contribution in [0.4, 0.5) is 8.78 Å². The highest BCUT2D eigenvalue weighted by Crippen LogP contribution is 2.14. The largest absolute Gasteiger partial charge is 0.469 e. The van der Waals surface area contributed by atoms with E-state index in [1.54, 1.807) is 12.1 Å². The van der Waals surface area contributed by atoms with Gasteiger partial charge < -0.3 is 9.64 Å². The van der Waals surface area contributed by atoms with Crippen molar-refractivity contribution < 1.29 is 23.1 Å². The van der Waals surface area contributed by atoms with Gasteiger partial charge >= 0.3 is 5.97 Å². The number of pyridine rings is 1. The molecule has 5 nitrogen and oxygen atoms in total. The monoisotopic (exact) mass is 334 g/mol. The topological polar surface area (TPSA) is 59.5 Å². The molecule has 1 aromatic heterocycles. The van der Waals surface area contributed by atoms with Crippen molar-refractivity contribution in [2.24, 2.45) is 0 Å². The molecular formula is C17H16F2N2O3. The number of rotatable bonds is 6. The van der Waals surface area contributed by atoms with Gasteiger partial charge in [0.25, 0.3) is 5.91 Å². The van der Waals surface area contributed by atoms with Crippen LogP contribution in [-0.4, -0.2) is 35.4 Å². The summed E-state index contributed by atoms with van der Waals surface area (Å²) >= 11 is 0. The molecule has 0 atom stereocenters. The second-order valence-corrected chi connectivity index (χ2v) is 5.04. The molecule has 0 saturated carbocycles. The average molecular weight is 334 g/mol. The molecule has 2 rings (SSSR count). The fraction of sp³-hybridized carbons (Fsp3) is 0.235. The normalized spacial score (nSPS) is 10.3. The molecule has 0 aliphatic carbocycles. The third-order valence-electron chi connectivity index (χ3n) is 3.39. The summed E-state index contributed by atoms with van der Waals surface area (Å²) in [5, 5.41) is 0. The van der Waals surface area contributed by atoms with Gasteiger partial charge in [-0.05, 0) is 29.8 Å². The summed E-state index contributed by atoms with van der Waals surface area (Å²) in [7, 11) is 1.26. The summed E-state index contributed by atoms with van der Waals surface area (Å²) < 4.78 is 31.0. The van der Waals surface area contributed by atoms with Crippen molar-refractivity contribution in [3.63, 3.8) is 0 Å². The highest BCUT2D eigenvalue weighted by atomic mass is 19.2. The SMILES string of the molecule is COC(=O)CCN(Cc1ccc(F)c(F)c1)C(=O)c1ccncc1. The first kappa shape index (κ1) is 17.5. The van der Waals surface area contributed by atoms with Gasteiger partial charge in [-0.25, -0.2) is 8.78 Å². The fourth-order valence-electron chi connectivity index (χ4n) is 2.12. The number of halogens is 2. The van der Waals surface area contributed by atoms with Gasteiger partial charge in [0.2, 0.25) is 0 Å². The lowest BCUT2D eigenvalue weighted by Gasteiger charge is -2.22. The van der Waals surface area contributed by atoms with Crippen LogP contribution >= 0.6 is 0 Å². The quantitative estimate of drug-likeness (QED) is 0.762. The highest BCUT2D eigenvalue weighted by molar-refractivity contribution is 5.94. The summed E-state index contributed by atoms with van der Waals surface area (Å²) in [6, 6.07) is 6.50. The molecule has 0 bridgehead atoms. The number of nitrogens with zero attached hydrogens (tertiary/aromatic N) is 2. The van der Waals surface area contributed by atoms with E-state index in [0.29, 0.717) is 11.1 Å².